The van der Waals surface area contributed by atoms with Crippen molar-refractivity contribution in [2.75, 3.05) is 0 Å². The highest BCUT2D eigenvalue weighted by molar-refractivity contribution is 6.53. The zero-order valence-electron chi connectivity index (χ0n) is 11.4. The van der Waals surface area contributed by atoms with Gasteiger partial charge in [-0.1, -0.05) is 48.5 Å². The number of rotatable bonds is 5. The average Bonchev–Trinajstić information content (AvgIpc) is 2.90. The summed E-state index contributed by atoms with van der Waals surface area (Å²) in [6.45, 7) is 0. The highest BCUT2D eigenvalue weighted by Crippen LogP contribution is 2.32. The second kappa shape index (κ2) is 6.33. The molecule has 100 valence electrons. The fraction of sp³-hybridized carbons (Fsp3) is 0.176. The highest BCUT2D eigenvalue weighted by atomic mass is 16.6. The van der Waals surface area contributed by atoms with Gasteiger partial charge in [-0.3, -0.25) is 0 Å². The van der Waals surface area contributed by atoms with Crippen LogP contribution in [0.25, 0.3) is 0 Å². The fourth-order valence-corrected chi connectivity index (χ4v) is 2.27. The van der Waals surface area contributed by atoms with Crippen LogP contribution in [0.15, 0.2) is 66.6 Å². The first kappa shape index (κ1) is 12.9. The van der Waals surface area contributed by atoms with E-state index in [4.69, 9.17) is 9.31 Å². The number of benzene rings is 2. The van der Waals surface area contributed by atoms with Crippen LogP contribution in [-0.4, -0.2) is 7.12 Å². The number of hydrogen-bond acceptors (Lipinski definition) is 2. The lowest BCUT2D eigenvalue weighted by Crippen LogP contribution is -2.21. The minimum absolute atomic E-state index is 0.274. The third-order valence-corrected chi connectivity index (χ3v) is 3.31. The average molecular weight is 264 g/mol. The number of hydrogen-bond donors (Lipinski definition) is 0. The molecule has 0 atom stereocenters. The minimum atomic E-state index is -0.274. The van der Waals surface area contributed by atoms with Crippen molar-refractivity contribution in [2.24, 2.45) is 0 Å². The van der Waals surface area contributed by atoms with Crippen LogP contribution in [0, 0.1) is 0 Å². The zero-order valence-corrected chi connectivity index (χ0v) is 11.4. The maximum absolute atomic E-state index is 5.66. The predicted molar refractivity (Wildman–Crippen MR) is 82.0 cm³/mol. The van der Waals surface area contributed by atoms with Crippen LogP contribution in [-0.2, 0) is 6.42 Å². The molecule has 0 saturated carbocycles. The van der Waals surface area contributed by atoms with Gasteiger partial charge in [0.15, 0.2) is 0 Å². The topological polar surface area (TPSA) is 18.5 Å². The number of fused-ring (bicyclic) bond motifs is 1. The molecule has 0 aromatic heterocycles. The summed E-state index contributed by atoms with van der Waals surface area (Å²) in [6, 6.07) is 18.3. The Hall–Kier alpha value is -2.16. The van der Waals surface area contributed by atoms with Crippen molar-refractivity contribution in [3.63, 3.8) is 0 Å². The summed E-state index contributed by atoms with van der Waals surface area (Å²) in [5, 5.41) is 0. The number of unbranched alkanes of at least 4 members (excludes halogenated alkanes) is 1. The molecule has 1 aliphatic rings. The number of aryl methyl sites for hydroxylation is 1. The van der Waals surface area contributed by atoms with Gasteiger partial charge in [-0.15, -0.1) is 0 Å². The van der Waals surface area contributed by atoms with Crippen LogP contribution < -0.4 is 9.31 Å². The van der Waals surface area contributed by atoms with Crippen molar-refractivity contribution in [3.8, 4) is 11.5 Å². The van der Waals surface area contributed by atoms with Crippen molar-refractivity contribution in [1.29, 1.82) is 0 Å². The third-order valence-electron chi connectivity index (χ3n) is 3.31. The summed E-state index contributed by atoms with van der Waals surface area (Å²) in [5.41, 5.74) is 1.39. The van der Waals surface area contributed by atoms with E-state index in [0.29, 0.717) is 0 Å². The van der Waals surface area contributed by atoms with E-state index in [1.54, 1.807) is 0 Å². The molecule has 0 saturated heterocycles. The minimum Gasteiger partial charge on any atom is -0.520 e. The van der Waals surface area contributed by atoms with E-state index in [0.717, 1.165) is 30.8 Å². The highest BCUT2D eigenvalue weighted by Gasteiger charge is 2.28. The van der Waals surface area contributed by atoms with Crippen molar-refractivity contribution >= 4 is 7.12 Å². The molecule has 20 heavy (non-hydrogen) atoms. The first-order valence-electron chi connectivity index (χ1n) is 7.05. The van der Waals surface area contributed by atoms with Crippen molar-refractivity contribution < 1.29 is 9.31 Å². The predicted octanol–water partition coefficient (Wildman–Crippen LogP) is 4.06. The Morgan fingerprint density at radius 3 is 2.20 bits per heavy atom. The molecule has 2 aromatic carbocycles. The fourth-order valence-electron chi connectivity index (χ4n) is 2.27. The van der Waals surface area contributed by atoms with Gasteiger partial charge in [0.2, 0.25) is 0 Å². The Bertz CT molecular complexity index is 556. The Balaban J connectivity index is 1.42. The van der Waals surface area contributed by atoms with E-state index in [1.807, 2.05) is 30.2 Å². The van der Waals surface area contributed by atoms with Crippen LogP contribution in [0.5, 0.6) is 11.5 Å². The third kappa shape index (κ3) is 3.24. The molecule has 1 aliphatic heterocycles. The summed E-state index contributed by atoms with van der Waals surface area (Å²) >= 11 is 0. The normalized spacial score (nSPS) is 13.1. The lowest BCUT2D eigenvalue weighted by atomic mass is 9.89. The van der Waals surface area contributed by atoms with Gasteiger partial charge in [-0.05, 0) is 42.9 Å². The van der Waals surface area contributed by atoms with Gasteiger partial charge in [0.1, 0.15) is 11.5 Å². The molecule has 0 fully saturated rings. The summed E-state index contributed by atoms with van der Waals surface area (Å²) in [5.74, 6) is 3.64. The molecule has 3 rings (SSSR count). The van der Waals surface area contributed by atoms with Crippen LogP contribution in [0.2, 0.25) is 0 Å². The van der Waals surface area contributed by atoms with E-state index >= 15 is 0 Å². The molecule has 0 amide bonds. The van der Waals surface area contributed by atoms with Crippen LogP contribution >= 0.6 is 0 Å². The van der Waals surface area contributed by atoms with E-state index in [2.05, 4.69) is 36.4 Å². The number of para-hydroxylation sites is 2. The molecule has 3 heteroatoms. The summed E-state index contributed by atoms with van der Waals surface area (Å²) in [7, 11) is -0.274. The lowest BCUT2D eigenvalue weighted by Gasteiger charge is -1.99. The summed E-state index contributed by atoms with van der Waals surface area (Å²) < 4.78 is 11.3. The molecule has 0 spiro atoms. The molecular formula is C17H17BO2. The van der Waals surface area contributed by atoms with Crippen molar-refractivity contribution in [1.82, 2.24) is 0 Å². The summed E-state index contributed by atoms with van der Waals surface area (Å²) in [4.78, 5) is 0. The molecule has 0 aliphatic carbocycles. The van der Waals surface area contributed by atoms with Gasteiger partial charge in [-0.2, -0.15) is 0 Å². The van der Waals surface area contributed by atoms with E-state index in [1.165, 1.54) is 5.56 Å². The Morgan fingerprint density at radius 1 is 0.850 bits per heavy atom. The van der Waals surface area contributed by atoms with E-state index < -0.39 is 0 Å². The molecule has 0 bridgehead atoms. The molecule has 2 nitrogen and oxygen atoms in total. The van der Waals surface area contributed by atoms with Crippen LogP contribution in [0.3, 0.4) is 0 Å². The summed E-state index contributed by atoms with van der Waals surface area (Å²) in [6.07, 6.45) is 5.42. The zero-order chi connectivity index (χ0) is 13.6. The molecule has 2 aromatic rings. The van der Waals surface area contributed by atoms with Crippen LogP contribution in [0.4, 0.5) is 0 Å². The van der Waals surface area contributed by atoms with Gasteiger partial charge in [-0.25, -0.2) is 0 Å². The van der Waals surface area contributed by atoms with Gasteiger partial charge in [0.25, 0.3) is 0 Å². The molecule has 0 N–H and O–H groups in total. The van der Waals surface area contributed by atoms with Gasteiger partial charge < -0.3 is 9.31 Å². The monoisotopic (exact) mass is 264 g/mol. The van der Waals surface area contributed by atoms with E-state index in [-0.39, 0.29) is 7.12 Å². The SMILES string of the molecule is C(=C\B1Oc2ccccc2O1)/CCCc1ccccc1. The van der Waals surface area contributed by atoms with Crippen molar-refractivity contribution in [2.45, 2.75) is 19.3 Å². The Kier molecular flexibility index (Phi) is 4.07. The lowest BCUT2D eigenvalue weighted by molar-refractivity contribution is 0.517. The van der Waals surface area contributed by atoms with Gasteiger partial charge in [0.05, 0.1) is 0 Å². The molecule has 0 unspecified atom stereocenters. The Morgan fingerprint density at radius 2 is 1.50 bits per heavy atom. The quantitative estimate of drug-likeness (QED) is 0.598. The maximum Gasteiger partial charge on any atom is 0.624 e. The van der Waals surface area contributed by atoms with E-state index in [9.17, 15) is 0 Å². The van der Waals surface area contributed by atoms with Crippen LogP contribution in [0.1, 0.15) is 18.4 Å². The number of allylic oxidation sites excluding steroid dienone is 1. The standard InChI is InChI=1S/C17H17BO2/c1-3-9-15(10-4-1)11-5-2-8-14-18-19-16-12-6-7-13-17(16)20-18/h1,3-4,6-10,12-14H,2,5,11H2/b14-8+. The second-order valence-electron chi connectivity index (χ2n) is 4.86. The smallest absolute Gasteiger partial charge is 0.520 e. The largest absolute Gasteiger partial charge is 0.624 e. The first-order chi connectivity index (χ1) is 9.92. The Labute approximate surface area is 120 Å². The molecular weight excluding hydrogens is 247 g/mol. The van der Waals surface area contributed by atoms with Gasteiger partial charge in [0, 0.05) is 0 Å². The van der Waals surface area contributed by atoms with Crippen molar-refractivity contribution in [3.05, 3.63) is 72.2 Å². The first-order valence-corrected chi connectivity index (χ1v) is 7.05. The maximum atomic E-state index is 5.66. The second-order valence-corrected chi connectivity index (χ2v) is 4.86. The van der Waals surface area contributed by atoms with Gasteiger partial charge >= 0.3 is 7.12 Å². The molecule has 0 radical (unpaired) electrons. The molecule has 1 heterocycles.